The van der Waals surface area contributed by atoms with Crippen molar-refractivity contribution in [3.63, 3.8) is 0 Å². The lowest BCUT2D eigenvalue weighted by molar-refractivity contribution is 0.680. The van der Waals surface area contributed by atoms with Gasteiger partial charge >= 0.3 is 0 Å². The molecule has 2 aromatic rings. The lowest BCUT2D eigenvalue weighted by Gasteiger charge is -2.25. The molecule has 0 fully saturated rings. The molecule has 2 nitrogen and oxygen atoms in total. The van der Waals surface area contributed by atoms with E-state index in [0.717, 1.165) is 12.2 Å². The van der Waals surface area contributed by atoms with Gasteiger partial charge in [0.25, 0.3) is 0 Å². The second-order valence-electron chi connectivity index (χ2n) is 4.06. The van der Waals surface area contributed by atoms with Crippen molar-refractivity contribution in [3.05, 3.63) is 45.7 Å². The minimum absolute atomic E-state index is 0.402. The van der Waals surface area contributed by atoms with E-state index in [0.29, 0.717) is 11.2 Å². The fourth-order valence-corrected chi connectivity index (χ4v) is 2.66. The molecule has 0 saturated carbocycles. The van der Waals surface area contributed by atoms with Gasteiger partial charge in [-0.15, -0.1) is 11.3 Å². The Morgan fingerprint density at radius 2 is 2.18 bits per heavy atom. The summed E-state index contributed by atoms with van der Waals surface area (Å²) in [7, 11) is 2.05. The van der Waals surface area contributed by atoms with Crippen LogP contribution in [0.25, 0.3) is 0 Å². The Morgan fingerprint density at radius 1 is 1.35 bits per heavy atom. The third-order valence-corrected chi connectivity index (χ3v) is 3.91. The van der Waals surface area contributed by atoms with E-state index in [1.54, 1.807) is 17.4 Å². The topological polar surface area (TPSA) is 16.1 Å². The van der Waals surface area contributed by atoms with Crippen LogP contribution in [-0.2, 0) is 6.42 Å². The Labute approximate surface area is 111 Å². The molecule has 2 aromatic heterocycles. The maximum atomic E-state index is 5.90. The molecule has 90 valence electrons. The maximum absolute atomic E-state index is 5.90. The molecule has 1 atom stereocenters. The number of nitrogens with zero attached hydrogens (tertiary/aromatic N) is 2. The minimum atomic E-state index is 0.402. The summed E-state index contributed by atoms with van der Waals surface area (Å²) in [5, 5.41) is 2.65. The second-order valence-corrected chi connectivity index (χ2v) is 5.48. The van der Waals surface area contributed by atoms with Crippen LogP contribution in [0.5, 0.6) is 0 Å². The van der Waals surface area contributed by atoms with E-state index in [1.807, 2.05) is 12.1 Å². The van der Waals surface area contributed by atoms with Crippen molar-refractivity contribution in [2.24, 2.45) is 0 Å². The quantitative estimate of drug-likeness (QED) is 0.781. The highest BCUT2D eigenvalue weighted by molar-refractivity contribution is 7.09. The van der Waals surface area contributed by atoms with Gasteiger partial charge in [0.1, 0.15) is 11.0 Å². The highest BCUT2D eigenvalue weighted by Crippen LogP contribution is 2.19. The zero-order chi connectivity index (χ0) is 12.3. The summed E-state index contributed by atoms with van der Waals surface area (Å²) >= 11 is 7.69. The Kier molecular flexibility index (Phi) is 4.02. The number of anilines is 1. The molecular weight excluding hydrogens is 252 g/mol. The molecule has 2 rings (SSSR count). The van der Waals surface area contributed by atoms with Crippen molar-refractivity contribution in [3.8, 4) is 0 Å². The fourth-order valence-electron chi connectivity index (χ4n) is 1.68. The highest BCUT2D eigenvalue weighted by Gasteiger charge is 2.12. The first-order valence-corrected chi connectivity index (χ1v) is 6.80. The van der Waals surface area contributed by atoms with Gasteiger partial charge in [-0.05, 0) is 30.5 Å². The van der Waals surface area contributed by atoms with Crippen molar-refractivity contribution in [2.45, 2.75) is 19.4 Å². The van der Waals surface area contributed by atoms with Crippen molar-refractivity contribution in [2.75, 3.05) is 11.9 Å². The first-order valence-electron chi connectivity index (χ1n) is 5.54. The van der Waals surface area contributed by atoms with Crippen LogP contribution in [0.4, 0.5) is 5.82 Å². The van der Waals surface area contributed by atoms with Gasteiger partial charge in [-0.25, -0.2) is 4.98 Å². The summed E-state index contributed by atoms with van der Waals surface area (Å²) in [4.78, 5) is 7.87. The molecule has 0 aliphatic heterocycles. The Hall–Kier alpha value is -1.06. The number of pyridine rings is 1. The molecule has 0 radical (unpaired) electrons. The summed E-state index contributed by atoms with van der Waals surface area (Å²) in [5.74, 6) is 0.918. The number of likely N-dealkylation sites (N-methyl/N-ethyl adjacent to an activating group) is 1. The van der Waals surface area contributed by atoms with Gasteiger partial charge in [-0.2, -0.15) is 0 Å². The molecule has 0 aliphatic carbocycles. The van der Waals surface area contributed by atoms with Crippen molar-refractivity contribution in [1.82, 2.24) is 4.98 Å². The number of rotatable bonds is 4. The second kappa shape index (κ2) is 5.52. The third kappa shape index (κ3) is 3.20. The van der Waals surface area contributed by atoms with Crippen LogP contribution >= 0.6 is 22.9 Å². The van der Waals surface area contributed by atoms with Gasteiger partial charge in [0.2, 0.25) is 0 Å². The largest absolute Gasteiger partial charge is 0.357 e. The normalized spacial score (nSPS) is 12.4. The van der Waals surface area contributed by atoms with Crippen LogP contribution in [0.1, 0.15) is 11.8 Å². The van der Waals surface area contributed by atoms with E-state index in [4.69, 9.17) is 11.6 Å². The van der Waals surface area contributed by atoms with Gasteiger partial charge in [0.15, 0.2) is 0 Å². The van der Waals surface area contributed by atoms with Gasteiger partial charge in [-0.1, -0.05) is 23.7 Å². The first-order chi connectivity index (χ1) is 8.16. The van der Waals surface area contributed by atoms with Crippen LogP contribution in [0.2, 0.25) is 5.15 Å². The first kappa shape index (κ1) is 12.4. The van der Waals surface area contributed by atoms with Crippen molar-refractivity contribution >= 4 is 28.8 Å². The predicted octanol–water partition coefficient (Wildman–Crippen LogP) is 3.86. The summed E-state index contributed by atoms with van der Waals surface area (Å²) in [6.45, 7) is 2.20. The minimum Gasteiger partial charge on any atom is -0.357 e. The Morgan fingerprint density at radius 3 is 2.82 bits per heavy atom. The van der Waals surface area contributed by atoms with E-state index in [-0.39, 0.29) is 0 Å². The summed E-state index contributed by atoms with van der Waals surface area (Å²) in [6, 6.07) is 10.4. The van der Waals surface area contributed by atoms with E-state index in [2.05, 4.69) is 41.4 Å². The van der Waals surface area contributed by atoms with E-state index >= 15 is 0 Å². The Bertz CT molecular complexity index is 470. The maximum Gasteiger partial charge on any atom is 0.131 e. The van der Waals surface area contributed by atoms with Gasteiger partial charge in [0, 0.05) is 24.4 Å². The molecule has 0 bridgehead atoms. The van der Waals surface area contributed by atoms with Crippen LogP contribution in [0.3, 0.4) is 0 Å². The molecule has 0 saturated heterocycles. The van der Waals surface area contributed by atoms with Gasteiger partial charge in [0.05, 0.1) is 0 Å². The average molecular weight is 267 g/mol. The lowest BCUT2D eigenvalue weighted by atomic mass is 10.2. The molecule has 1 unspecified atom stereocenters. The fraction of sp³-hybridized carbons (Fsp3) is 0.308. The molecule has 4 heteroatoms. The molecule has 0 aromatic carbocycles. The van der Waals surface area contributed by atoms with Crippen LogP contribution < -0.4 is 4.90 Å². The number of halogens is 1. The summed E-state index contributed by atoms with van der Waals surface area (Å²) < 4.78 is 0. The SMILES string of the molecule is CC(Cc1cccs1)N(C)c1cccc(Cl)n1. The van der Waals surface area contributed by atoms with Crippen LogP contribution in [0, 0.1) is 0 Å². The third-order valence-electron chi connectivity index (χ3n) is 2.80. The summed E-state index contributed by atoms with van der Waals surface area (Å²) in [6.07, 6.45) is 1.03. The number of hydrogen-bond acceptors (Lipinski definition) is 3. The zero-order valence-corrected chi connectivity index (χ0v) is 11.5. The van der Waals surface area contributed by atoms with Crippen LogP contribution in [-0.4, -0.2) is 18.1 Å². The number of aromatic nitrogens is 1. The van der Waals surface area contributed by atoms with E-state index in [1.165, 1.54) is 4.88 Å². The smallest absolute Gasteiger partial charge is 0.131 e. The number of hydrogen-bond donors (Lipinski definition) is 0. The molecular formula is C13H15ClN2S. The molecule has 0 amide bonds. The molecule has 17 heavy (non-hydrogen) atoms. The van der Waals surface area contributed by atoms with Gasteiger partial charge < -0.3 is 4.90 Å². The predicted molar refractivity (Wildman–Crippen MR) is 75.1 cm³/mol. The zero-order valence-electron chi connectivity index (χ0n) is 9.93. The monoisotopic (exact) mass is 266 g/mol. The van der Waals surface area contributed by atoms with Gasteiger partial charge in [-0.3, -0.25) is 0 Å². The van der Waals surface area contributed by atoms with Crippen molar-refractivity contribution in [1.29, 1.82) is 0 Å². The van der Waals surface area contributed by atoms with E-state index in [9.17, 15) is 0 Å². The molecule has 2 heterocycles. The molecule has 0 aliphatic rings. The standard InChI is InChI=1S/C13H15ClN2S/c1-10(9-11-5-4-8-17-11)16(2)13-7-3-6-12(14)15-13/h3-8,10H,9H2,1-2H3. The Balaban J connectivity index is 2.06. The van der Waals surface area contributed by atoms with E-state index < -0.39 is 0 Å². The molecule has 0 spiro atoms. The number of thiophene rings is 1. The van der Waals surface area contributed by atoms with Crippen molar-refractivity contribution < 1.29 is 0 Å². The van der Waals surface area contributed by atoms with Crippen LogP contribution in [0.15, 0.2) is 35.7 Å². The highest BCUT2D eigenvalue weighted by atomic mass is 35.5. The molecule has 0 N–H and O–H groups in total. The lowest BCUT2D eigenvalue weighted by Crippen LogP contribution is -2.31. The average Bonchev–Trinajstić information content (AvgIpc) is 2.80. The summed E-state index contributed by atoms with van der Waals surface area (Å²) in [5.41, 5.74) is 0.